The first-order valence-electron chi connectivity index (χ1n) is 7.78. The van der Waals surface area contributed by atoms with Crippen molar-refractivity contribution in [2.24, 2.45) is 0 Å². The first kappa shape index (κ1) is 17.2. The lowest BCUT2D eigenvalue weighted by atomic mass is 10.1. The summed E-state index contributed by atoms with van der Waals surface area (Å²) in [5.41, 5.74) is 1.10. The van der Waals surface area contributed by atoms with Gasteiger partial charge in [0.2, 0.25) is 17.6 Å². The van der Waals surface area contributed by atoms with Crippen molar-refractivity contribution in [3.05, 3.63) is 51.6 Å². The molecule has 6 nitrogen and oxygen atoms in total. The van der Waals surface area contributed by atoms with Crippen molar-refractivity contribution in [2.75, 3.05) is 0 Å². The van der Waals surface area contributed by atoms with E-state index in [2.05, 4.69) is 20.4 Å². The van der Waals surface area contributed by atoms with Gasteiger partial charge in [0, 0.05) is 29.5 Å². The molecule has 1 aromatic carbocycles. The molecule has 0 fully saturated rings. The van der Waals surface area contributed by atoms with Gasteiger partial charge in [-0.15, -0.1) is 11.3 Å². The number of carbonyl (C=O) groups is 1. The summed E-state index contributed by atoms with van der Waals surface area (Å²) in [5.74, 6) is 0.239. The monoisotopic (exact) mass is 360 g/mol. The molecule has 0 bridgehead atoms. The van der Waals surface area contributed by atoms with Crippen LogP contribution in [-0.4, -0.2) is 21.0 Å². The average molecular weight is 360 g/mol. The quantitative estimate of drug-likeness (QED) is 0.730. The van der Waals surface area contributed by atoms with E-state index in [1.165, 1.54) is 6.07 Å². The molecule has 0 saturated carbocycles. The van der Waals surface area contributed by atoms with Crippen LogP contribution in [0.15, 0.2) is 28.9 Å². The van der Waals surface area contributed by atoms with E-state index in [1.54, 1.807) is 36.6 Å². The Kier molecular flexibility index (Phi) is 5.18. The highest BCUT2D eigenvalue weighted by Gasteiger charge is 2.12. The predicted octanol–water partition coefficient (Wildman–Crippen LogP) is 3.20. The highest BCUT2D eigenvalue weighted by Crippen LogP contribution is 2.19. The lowest BCUT2D eigenvalue weighted by Crippen LogP contribution is -2.22. The molecular weight excluding hydrogens is 343 g/mol. The van der Waals surface area contributed by atoms with E-state index < -0.39 is 0 Å². The molecule has 0 atom stereocenters. The topological polar surface area (TPSA) is 80.9 Å². The number of halogens is 1. The lowest BCUT2D eigenvalue weighted by Gasteiger charge is -2.01. The number of amides is 1. The minimum absolute atomic E-state index is 0.104. The molecule has 0 saturated heterocycles. The molecule has 1 N–H and O–H groups in total. The number of aryl methyl sites for hydroxylation is 3. The van der Waals surface area contributed by atoms with E-state index in [9.17, 15) is 9.18 Å². The van der Waals surface area contributed by atoms with Gasteiger partial charge in [-0.2, -0.15) is 4.98 Å². The lowest BCUT2D eigenvalue weighted by molar-refractivity contribution is -0.121. The summed E-state index contributed by atoms with van der Waals surface area (Å²) < 4.78 is 18.7. The Labute approximate surface area is 148 Å². The Hall–Kier alpha value is -2.61. The SMILES string of the molecule is Cc1ncc(CNC(=O)CCc2nc(-c3ccc(C)c(F)c3)no2)s1. The van der Waals surface area contributed by atoms with Crippen LogP contribution < -0.4 is 5.32 Å². The van der Waals surface area contributed by atoms with Crippen LogP contribution in [-0.2, 0) is 17.8 Å². The number of nitrogens with one attached hydrogen (secondary N) is 1. The van der Waals surface area contributed by atoms with Crippen LogP contribution in [0.3, 0.4) is 0 Å². The molecule has 3 aromatic rings. The van der Waals surface area contributed by atoms with Gasteiger partial charge in [-0.25, -0.2) is 9.37 Å². The fourth-order valence-electron chi connectivity index (χ4n) is 2.19. The molecule has 2 heterocycles. The molecule has 0 aliphatic rings. The van der Waals surface area contributed by atoms with Crippen LogP contribution >= 0.6 is 11.3 Å². The number of hydrogen-bond donors (Lipinski definition) is 1. The molecule has 25 heavy (non-hydrogen) atoms. The Morgan fingerprint density at radius 1 is 1.36 bits per heavy atom. The van der Waals surface area contributed by atoms with Crippen LogP contribution in [0.5, 0.6) is 0 Å². The summed E-state index contributed by atoms with van der Waals surface area (Å²) in [6.45, 7) is 4.07. The van der Waals surface area contributed by atoms with Gasteiger partial charge in [0.25, 0.3) is 0 Å². The second-order valence-electron chi connectivity index (χ2n) is 5.60. The number of benzene rings is 1. The van der Waals surface area contributed by atoms with Crippen LogP contribution in [0.1, 0.15) is 27.8 Å². The minimum Gasteiger partial charge on any atom is -0.351 e. The van der Waals surface area contributed by atoms with Crippen molar-refractivity contribution >= 4 is 17.2 Å². The molecule has 8 heteroatoms. The second kappa shape index (κ2) is 7.52. The molecule has 130 valence electrons. The summed E-state index contributed by atoms with van der Waals surface area (Å²) in [4.78, 5) is 21.2. The third-order valence-electron chi connectivity index (χ3n) is 3.59. The summed E-state index contributed by atoms with van der Waals surface area (Å²) >= 11 is 1.55. The Morgan fingerprint density at radius 3 is 2.92 bits per heavy atom. The fraction of sp³-hybridized carbons (Fsp3) is 0.294. The number of thiazole rings is 1. The van der Waals surface area contributed by atoms with Gasteiger partial charge < -0.3 is 9.84 Å². The van der Waals surface area contributed by atoms with E-state index in [-0.39, 0.29) is 18.1 Å². The van der Waals surface area contributed by atoms with Gasteiger partial charge >= 0.3 is 0 Å². The molecule has 0 unspecified atom stereocenters. The summed E-state index contributed by atoms with van der Waals surface area (Å²) in [7, 11) is 0. The third kappa shape index (κ3) is 4.48. The highest BCUT2D eigenvalue weighted by atomic mass is 32.1. The van der Waals surface area contributed by atoms with Crippen molar-refractivity contribution < 1.29 is 13.7 Å². The Morgan fingerprint density at radius 2 is 2.20 bits per heavy atom. The van der Waals surface area contributed by atoms with Crippen LogP contribution in [0.4, 0.5) is 4.39 Å². The number of aromatic nitrogens is 3. The van der Waals surface area contributed by atoms with Crippen molar-refractivity contribution in [2.45, 2.75) is 33.2 Å². The van der Waals surface area contributed by atoms with Gasteiger partial charge in [0.15, 0.2) is 0 Å². The maximum absolute atomic E-state index is 13.6. The number of carbonyl (C=O) groups excluding carboxylic acids is 1. The second-order valence-corrected chi connectivity index (χ2v) is 6.92. The molecule has 1 amide bonds. The Balaban J connectivity index is 1.52. The molecule has 0 aliphatic heterocycles. The predicted molar refractivity (Wildman–Crippen MR) is 91.4 cm³/mol. The van der Waals surface area contributed by atoms with Crippen LogP contribution in [0, 0.1) is 19.7 Å². The van der Waals surface area contributed by atoms with Gasteiger partial charge in [0.05, 0.1) is 11.6 Å². The summed E-state index contributed by atoms with van der Waals surface area (Å²) in [5, 5.41) is 7.63. The number of rotatable bonds is 6. The normalized spacial score (nSPS) is 10.8. The van der Waals surface area contributed by atoms with Crippen LogP contribution in [0.2, 0.25) is 0 Å². The van der Waals surface area contributed by atoms with Crippen LogP contribution in [0.25, 0.3) is 11.4 Å². The van der Waals surface area contributed by atoms with Gasteiger partial charge in [-0.05, 0) is 25.5 Å². The molecule has 0 spiro atoms. The maximum atomic E-state index is 13.6. The summed E-state index contributed by atoms with van der Waals surface area (Å²) in [6, 6.07) is 4.76. The van der Waals surface area contributed by atoms with E-state index in [1.807, 2.05) is 6.92 Å². The zero-order valence-corrected chi connectivity index (χ0v) is 14.7. The molecular formula is C17H17FN4O2S. The average Bonchev–Trinajstić information content (AvgIpc) is 3.22. The van der Waals surface area contributed by atoms with E-state index in [0.29, 0.717) is 35.8 Å². The minimum atomic E-state index is -0.318. The number of hydrogen-bond acceptors (Lipinski definition) is 6. The zero-order chi connectivity index (χ0) is 17.8. The van der Waals surface area contributed by atoms with Gasteiger partial charge in [-0.1, -0.05) is 17.3 Å². The zero-order valence-electron chi connectivity index (χ0n) is 13.9. The van der Waals surface area contributed by atoms with Gasteiger partial charge in [0.1, 0.15) is 5.82 Å². The molecule has 3 rings (SSSR count). The van der Waals surface area contributed by atoms with E-state index in [0.717, 1.165) is 9.88 Å². The fourth-order valence-corrected chi connectivity index (χ4v) is 2.92. The first-order valence-corrected chi connectivity index (χ1v) is 8.60. The van der Waals surface area contributed by atoms with E-state index in [4.69, 9.17) is 4.52 Å². The van der Waals surface area contributed by atoms with Gasteiger partial charge in [-0.3, -0.25) is 4.79 Å². The standard InChI is InChI=1S/C17H17FN4O2S/c1-10-3-4-12(7-14(10)18)17-21-16(24-22-17)6-5-15(23)20-9-13-8-19-11(2)25-13/h3-4,7-8H,5-6,9H2,1-2H3,(H,20,23). The maximum Gasteiger partial charge on any atom is 0.227 e. The van der Waals surface area contributed by atoms with Crippen molar-refractivity contribution in [3.8, 4) is 11.4 Å². The molecule has 0 aliphatic carbocycles. The highest BCUT2D eigenvalue weighted by molar-refractivity contribution is 7.11. The molecule has 2 aromatic heterocycles. The summed E-state index contributed by atoms with van der Waals surface area (Å²) in [6.07, 6.45) is 2.32. The number of nitrogens with zero attached hydrogens (tertiary/aromatic N) is 3. The largest absolute Gasteiger partial charge is 0.351 e. The Bertz CT molecular complexity index is 890. The van der Waals surface area contributed by atoms with Crippen molar-refractivity contribution in [1.29, 1.82) is 0 Å². The molecule has 0 radical (unpaired) electrons. The van der Waals surface area contributed by atoms with Crippen molar-refractivity contribution in [1.82, 2.24) is 20.4 Å². The first-order chi connectivity index (χ1) is 12.0. The van der Waals surface area contributed by atoms with Crippen molar-refractivity contribution in [3.63, 3.8) is 0 Å². The van der Waals surface area contributed by atoms with E-state index >= 15 is 0 Å². The third-order valence-corrected chi connectivity index (χ3v) is 4.51. The smallest absolute Gasteiger partial charge is 0.227 e.